The van der Waals surface area contributed by atoms with Gasteiger partial charge in [-0.3, -0.25) is 9.59 Å². The Kier molecular flexibility index (Phi) is 8.81. The van der Waals surface area contributed by atoms with Crippen LogP contribution in [0.25, 0.3) is 0 Å². The SMILES string of the molecule is COC(C)/C=C/[C@H]1C(OC)CC(=O)[C@@H]1C/C=C\CCCC(=O)O. The number of carboxylic acids is 1. The monoisotopic (exact) mass is 324 g/mol. The molecule has 0 aromatic carbocycles. The topological polar surface area (TPSA) is 72.8 Å². The summed E-state index contributed by atoms with van der Waals surface area (Å²) in [7, 11) is 3.29. The van der Waals surface area contributed by atoms with Crippen molar-refractivity contribution in [3.63, 3.8) is 0 Å². The Balaban J connectivity index is 2.58. The first-order chi connectivity index (χ1) is 11.0. The Labute approximate surface area is 138 Å². The fourth-order valence-electron chi connectivity index (χ4n) is 2.84. The largest absolute Gasteiger partial charge is 0.481 e. The minimum absolute atomic E-state index is 0.00965. The Morgan fingerprint density at radius 2 is 2.13 bits per heavy atom. The lowest BCUT2D eigenvalue weighted by molar-refractivity contribution is -0.137. The number of Topliss-reactive ketones (excluding diaryl/α,β-unsaturated/α-hetero) is 1. The molecule has 4 atom stereocenters. The zero-order valence-electron chi connectivity index (χ0n) is 14.2. The summed E-state index contributed by atoms with van der Waals surface area (Å²) in [6, 6.07) is 0. The highest BCUT2D eigenvalue weighted by molar-refractivity contribution is 5.84. The predicted molar refractivity (Wildman–Crippen MR) is 88.3 cm³/mol. The maximum absolute atomic E-state index is 12.2. The first-order valence-electron chi connectivity index (χ1n) is 8.13. The fourth-order valence-corrected chi connectivity index (χ4v) is 2.84. The van der Waals surface area contributed by atoms with Gasteiger partial charge in [0.25, 0.3) is 0 Å². The summed E-state index contributed by atoms with van der Waals surface area (Å²) in [5.41, 5.74) is 0. The van der Waals surface area contributed by atoms with Crippen LogP contribution in [0, 0.1) is 11.8 Å². The molecule has 130 valence electrons. The summed E-state index contributed by atoms with van der Waals surface area (Å²) in [5, 5.41) is 8.59. The van der Waals surface area contributed by atoms with Gasteiger partial charge in [0, 0.05) is 38.9 Å². The van der Waals surface area contributed by atoms with Gasteiger partial charge in [0.1, 0.15) is 5.78 Å². The van der Waals surface area contributed by atoms with Crippen LogP contribution in [0.3, 0.4) is 0 Å². The molecule has 0 aromatic rings. The fraction of sp³-hybridized carbons (Fsp3) is 0.667. The summed E-state index contributed by atoms with van der Waals surface area (Å²) < 4.78 is 10.7. The number of hydrogen-bond acceptors (Lipinski definition) is 4. The van der Waals surface area contributed by atoms with E-state index in [2.05, 4.69) is 0 Å². The smallest absolute Gasteiger partial charge is 0.303 e. The Morgan fingerprint density at radius 3 is 2.74 bits per heavy atom. The molecular formula is C18H28O5. The van der Waals surface area contributed by atoms with Crippen LogP contribution in [-0.2, 0) is 19.1 Å². The number of allylic oxidation sites excluding steroid dienone is 2. The summed E-state index contributed by atoms with van der Waals surface area (Å²) in [6.45, 7) is 1.95. The molecule has 5 heteroatoms. The summed E-state index contributed by atoms with van der Waals surface area (Å²) in [5.74, 6) is -0.554. The summed E-state index contributed by atoms with van der Waals surface area (Å²) >= 11 is 0. The molecule has 0 bridgehead atoms. The van der Waals surface area contributed by atoms with Gasteiger partial charge in [-0.25, -0.2) is 0 Å². The third-order valence-electron chi connectivity index (χ3n) is 4.31. The highest BCUT2D eigenvalue weighted by atomic mass is 16.5. The van der Waals surface area contributed by atoms with E-state index in [1.165, 1.54) is 0 Å². The number of carboxylic acid groups (broad SMARTS) is 1. The van der Waals surface area contributed by atoms with Crippen molar-refractivity contribution in [3.8, 4) is 0 Å². The van der Waals surface area contributed by atoms with Gasteiger partial charge in [0.05, 0.1) is 12.2 Å². The first-order valence-corrected chi connectivity index (χ1v) is 8.13. The minimum atomic E-state index is -0.773. The second kappa shape index (κ2) is 10.3. The molecule has 1 rings (SSSR count). The van der Waals surface area contributed by atoms with E-state index in [9.17, 15) is 9.59 Å². The average Bonchev–Trinajstić information content (AvgIpc) is 2.83. The Hall–Kier alpha value is -1.46. The Bertz CT molecular complexity index is 441. The number of ether oxygens (including phenoxy) is 2. The van der Waals surface area contributed by atoms with E-state index in [1.54, 1.807) is 14.2 Å². The number of hydrogen-bond donors (Lipinski definition) is 1. The number of ketones is 1. The second-order valence-corrected chi connectivity index (χ2v) is 5.95. The second-order valence-electron chi connectivity index (χ2n) is 5.95. The molecule has 1 aliphatic rings. The summed E-state index contributed by atoms with van der Waals surface area (Å²) in [6.07, 6.45) is 10.5. The van der Waals surface area contributed by atoms with Gasteiger partial charge < -0.3 is 14.6 Å². The first kappa shape index (κ1) is 19.6. The molecule has 1 N–H and O–H groups in total. The van der Waals surface area contributed by atoms with E-state index in [0.29, 0.717) is 19.3 Å². The van der Waals surface area contributed by atoms with Crippen molar-refractivity contribution in [3.05, 3.63) is 24.3 Å². The molecule has 0 heterocycles. The van der Waals surface area contributed by atoms with Crippen LogP contribution in [0.4, 0.5) is 0 Å². The van der Waals surface area contributed by atoms with Crippen LogP contribution < -0.4 is 0 Å². The van der Waals surface area contributed by atoms with E-state index in [1.807, 2.05) is 31.2 Å². The van der Waals surface area contributed by atoms with Crippen LogP contribution in [0.2, 0.25) is 0 Å². The molecule has 0 spiro atoms. The molecule has 0 radical (unpaired) electrons. The number of aliphatic carboxylic acids is 1. The van der Waals surface area contributed by atoms with Crippen molar-refractivity contribution in [1.29, 1.82) is 0 Å². The zero-order chi connectivity index (χ0) is 17.2. The minimum Gasteiger partial charge on any atom is -0.481 e. The zero-order valence-corrected chi connectivity index (χ0v) is 14.2. The van der Waals surface area contributed by atoms with E-state index < -0.39 is 5.97 Å². The molecule has 1 aliphatic carbocycles. The third kappa shape index (κ3) is 6.67. The highest BCUT2D eigenvalue weighted by Gasteiger charge is 2.40. The van der Waals surface area contributed by atoms with Crippen molar-refractivity contribution in [2.45, 2.75) is 51.2 Å². The van der Waals surface area contributed by atoms with Gasteiger partial charge in [-0.15, -0.1) is 0 Å². The van der Waals surface area contributed by atoms with Crippen molar-refractivity contribution >= 4 is 11.8 Å². The lowest BCUT2D eigenvalue weighted by atomic mass is 9.90. The highest BCUT2D eigenvalue weighted by Crippen LogP contribution is 2.35. The van der Waals surface area contributed by atoms with Crippen LogP contribution >= 0.6 is 0 Å². The van der Waals surface area contributed by atoms with E-state index in [0.717, 1.165) is 6.42 Å². The predicted octanol–water partition coefficient (Wildman–Crippen LogP) is 3.00. The van der Waals surface area contributed by atoms with E-state index in [4.69, 9.17) is 14.6 Å². The molecule has 5 nitrogen and oxygen atoms in total. The maximum Gasteiger partial charge on any atom is 0.303 e. The van der Waals surface area contributed by atoms with Gasteiger partial charge in [0.15, 0.2) is 0 Å². The van der Waals surface area contributed by atoms with Crippen LogP contribution in [0.15, 0.2) is 24.3 Å². The molecule has 0 aliphatic heterocycles. The van der Waals surface area contributed by atoms with Crippen molar-refractivity contribution in [2.24, 2.45) is 11.8 Å². The van der Waals surface area contributed by atoms with Crippen LogP contribution in [0.1, 0.15) is 39.0 Å². The normalized spacial score (nSPS) is 26.4. The Morgan fingerprint density at radius 1 is 1.39 bits per heavy atom. The van der Waals surface area contributed by atoms with Gasteiger partial charge in [-0.05, 0) is 26.2 Å². The van der Waals surface area contributed by atoms with Gasteiger partial charge in [-0.2, -0.15) is 0 Å². The van der Waals surface area contributed by atoms with E-state index >= 15 is 0 Å². The van der Waals surface area contributed by atoms with Gasteiger partial charge in [0.2, 0.25) is 0 Å². The average molecular weight is 324 g/mol. The molecule has 1 fully saturated rings. The van der Waals surface area contributed by atoms with Crippen molar-refractivity contribution < 1.29 is 24.2 Å². The van der Waals surface area contributed by atoms with E-state index in [-0.39, 0.29) is 36.2 Å². The lowest BCUT2D eigenvalue weighted by Gasteiger charge is -2.19. The number of carbonyl (C=O) groups excluding carboxylic acids is 1. The van der Waals surface area contributed by atoms with Gasteiger partial charge >= 0.3 is 5.97 Å². The van der Waals surface area contributed by atoms with Gasteiger partial charge in [-0.1, -0.05) is 24.3 Å². The van der Waals surface area contributed by atoms with Crippen LogP contribution in [-0.4, -0.2) is 43.3 Å². The standard InChI is InChI=1S/C18H28O5/c1-13(22-2)10-11-15-14(16(19)12-17(15)23-3)8-6-4-5-7-9-18(20)21/h4,6,10-11,13-15,17H,5,7-9,12H2,1-3H3,(H,20,21)/b6-4-,11-10+/t13?,14-,15-,17?/m1/s1. The number of rotatable bonds is 10. The lowest BCUT2D eigenvalue weighted by Crippen LogP contribution is -2.20. The molecular weight excluding hydrogens is 296 g/mol. The number of methoxy groups -OCH3 is 2. The van der Waals surface area contributed by atoms with Crippen molar-refractivity contribution in [2.75, 3.05) is 14.2 Å². The molecule has 2 unspecified atom stereocenters. The quantitative estimate of drug-likeness (QED) is 0.494. The molecule has 23 heavy (non-hydrogen) atoms. The van der Waals surface area contributed by atoms with Crippen LogP contribution in [0.5, 0.6) is 0 Å². The van der Waals surface area contributed by atoms with Crippen molar-refractivity contribution in [1.82, 2.24) is 0 Å². The molecule has 0 amide bonds. The molecule has 1 saturated carbocycles. The summed E-state index contributed by atoms with van der Waals surface area (Å²) in [4.78, 5) is 22.7. The number of carbonyl (C=O) groups is 2. The molecule has 0 aromatic heterocycles. The molecule has 0 saturated heterocycles. The maximum atomic E-state index is 12.2. The number of unbranched alkanes of at least 4 members (excludes halogenated alkanes) is 1. The third-order valence-corrected chi connectivity index (χ3v) is 4.31.